The summed E-state index contributed by atoms with van der Waals surface area (Å²) in [4.78, 5) is 9.12. The standard InChI is InChI=1S/C20H17FN4O2S/c1-12-22-13(2)25-20(23-12)18(14-4-8-16(21)9-5-14)19(24-25)15-6-10-17(11-7-15)28(3,26)27/h4-11H,1-3H3. The van der Waals surface area contributed by atoms with Crippen LogP contribution in [0.2, 0.25) is 0 Å². The van der Waals surface area contributed by atoms with Crippen molar-refractivity contribution in [1.82, 2.24) is 19.6 Å². The highest BCUT2D eigenvalue weighted by molar-refractivity contribution is 7.90. The molecule has 0 aliphatic carbocycles. The van der Waals surface area contributed by atoms with Crippen LogP contribution in [-0.2, 0) is 9.84 Å². The quantitative estimate of drug-likeness (QED) is 0.529. The molecule has 0 saturated heterocycles. The Morgan fingerprint density at radius 1 is 0.893 bits per heavy atom. The van der Waals surface area contributed by atoms with E-state index in [1.54, 1.807) is 47.8 Å². The zero-order valence-electron chi connectivity index (χ0n) is 15.5. The van der Waals surface area contributed by atoms with Crippen LogP contribution < -0.4 is 0 Å². The fourth-order valence-electron chi connectivity index (χ4n) is 3.14. The molecular formula is C20H17FN4O2S. The third kappa shape index (κ3) is 3.16. The Bertz CT molecular complexity index is 1300. The first kappa shape index (κ1) is 18.2. The first-order valence-corrected chi connectivity index (χ1v) is 10.4. The Labute approximate surface area is 161 Å². The van der Waals surface area contributed by atoms with Crippen molar-refractivity contribution in [1.29, 1.82) is 0 Å². The topological polar surface area (TPSA) is 77.2 Å². The highest BCUT2D eigenvalue weighted by Gasteiger charge is 2.20. The summed E-state index contributed by atoms with van der Waals surface area (Å²) in [5, 5.41) is 4.66. The molecule has 0 bridgehead atoms. The Morgan fingerprint density at radius 2 is 1.50 bits per heavy atom. The van der Waals surface area contributed by atoms with Crippen molar-refractivity contribution >= 4 is 15.5 Å². The zero-order chi connectivity index (χ0) is 20.1. The summed E-state index contributed by atoms with van der Waals surface area (Å²) in [7, 11) is -3.30. The smallest absolute Gasteiger partial charge is 0.175 e. The van der Waals surface area contributed by atoms with Gasteiger partial charge in [0, 0.05) is 11.8 Å². The highest BCUT2D eigenvalue weighted by atomic mass is 32.2. The van der Waals surface area contributed by atoms with E-state index in [0.717, 1.165) is 16.7 Å². The molecule has 4 rings (SSSR count). The van der Waals surface area contributed by atoms with Gasteiger partial charge in [0.25, 0.3) is 0 Å². The third-order valence-corrected chi connectivity index (χ3v) is 5.58. The van der Waals surface area contributed by atoms with Crippen molar-refractivity contribution in [2.24, 2.45) is 0 Å². The molecule has 4 aromatic rings. The zero-order valence-corrected chi connectivity index (χ0v) is 16.3. The van der Waals surface area contributed by atoms with Crippen LogP contribution in [0.1, 0.15) is 11.6 Å². The van der Waals surface area contributed by atoms with Gasteiger partial charge in [-0.05, 0) is 43.7 Å². The van der Waals surface area contributed by atoms with E-state index in [1.165, 1.54) is 18.4 Å². The molecule has 0 atom stereocenters. The molecule has 28 heavy (non-hydrogen) atoms. The van der Waals surface area contributed by atoms with E-state index < -0.39 is 9.84 Å². The number of nitrogens with zero attached hydrogens (tertiary/aromatic N) is 4. The lowest BCUT2D eigenvalue weighted by Gasteiger charge is -2.05. The second-order valence-corrected chi connectivity index (χ2v) is 8.60. The normalized spacial score (nSPS) is 11.9. The number of sulfone groups is 1. The Hall–Kier alpha value is -3.13. The SMILES string of the molecule is Cc1nc(C)n2nc(-c3ccc(S(C)(=O)=O)cc3)c(-c3ccc(F)cc3)c2n1. The maximum atomic E-state index is 13.4. The summed E-state index contributed by atoms with van der Waals surface area (Å²) in [5.74, 6) is 0.943. The fraction of sp³-hybridized carbons (Fsp3) is 0.150. The van der Waals surface area contributed by atoms with Crippen molar-refractivity contribution in [3.05, 3.63) is 66.0 Å². The maximum absolute atomic E-state index is 13.4. The number of hydrogen-bond acceptors (Lipinski definition) is 5. The van der Waals surface area contributed by atoms with Crippen molar-refractivity contribution in [2.45, 2.75) is 18.7 Å². The molecule has 0 spiro atoms. The summed E-state index contributed by atoms with van der Waals surface area (Å²) < 4.78 is 38.6. The summed E-state index contributed by atoms with van der Waals surface area (Å²) >= 11 is 0. The van der Waals surface area contributed by atoms with E-state index in [9.17, 15) is 12.8 Å². The number of halogens is 1. The molecule has 0 radical (unpaired) electrons. The number of hydrogen-bond donors (Lipinski definition) is 0. The average Bonchev–Trinajstić information content (AvgIpc) is 3.01. The van der Waals surface area contributed by atoms with Crippen LogP contribution in [0.15, 0.2) is 53.4 Å². The second kappa shape index (κ2) is 6.49. The molecule has 2 aromatic carbocycles. The van der Waals surface area contributed by atoms with Crippen molar-refractivity contribution < 1.29 is 12.8 Å². The third-order valence-electron chi connectivity index (χ3n) is 4.45. The summed E-state index contributed by atoms with van der Waals surface area (Å²) in [5.41, 5.74) is 3.46. The van der Waals surface area contributed by atoms with Gasteiger partial charge in [0.2, 0.25) is 0 Å². The summed E-state index contributed by atoms with van der Waals surface area (Å²) in [6.07, 6.45) is 1.17. The Kier molecular flexibility index (Phi) is 4.23. The Balaban J connectivity index is 2.01. The van der Waals surface area contributed by atoms with Gasteiger partial charge in [-0.1, -0.05) is 24.3 Å². The number of aryl methyl sites for hydroxylation is 2. The maximum Gasteiger partial charge on any atom is 0.175 e. The van der Waals surface area contributed by atoms with Gasteiger partial charge in [0.1, 0.15) is 23.2 Å². The van der Waals surface area contributed by atoms with E-state index in [0.29, 0.717) is 23.0 Å². The number of rotatable bonds is 3. The molecule has 142 valence electrons. The van der Waals surface area contributed by atoms with E-state index in [1.807, 2.05) is 6.92 Å². The van der Waals surface area contributed by atoms with E-state index in [2.05, 4.69) is 15.1 Å². The summed E-state index contributed by atoms with van der Waals surface area (Å²) in [6, 6.07) is 12.6. The van der Waals surface area contributed by atoms with Crippen LogP contribution in [0, 0.1) is 19.7 Å². The lowest BCUT2D eigenvalue weighted by Crippen LogP contribution is -2.02. The lowest BCUT2D eigenvalue weighted by atomic mass is 10.0. The van der Waals surface area contributed by atoms with Gasteiger partial charge < -0.3 is 0 Å². The average molecular weight is 396 g/mol. The molecule has 0 unspecified atom stereocenters. The van der Waals surface area contributed by atoms with E-state index in [-0.39, 0.29) is 10.7 Å². The van der Waals surface area contributed by atoms with E-state index in [4.69, 9.17) is 0 Å². The molecule has 2 heterocycles. The molecule has 0 saturated carbocycles. The Morgan fingerprint density at radius 3 is 2.11 bits per heavy atom. The summed E-state index contributed by atoms with van der Waals surface area (Å²) in [6.45, 7) is 3.63. The van der Waals surface area contributed by atoms with Crippen LogP contribution in [-0.4, -0.2) is 34.3 Å². The molecule has 2 aromatic heterocycles. The van der Waals surface area contributed by atoms with Crippen LogP contribution in [0.5, 0.6) is 0 Å². The first-order valence-electron chi connectivity index (χ1n) is 8.54. The minimum Gasteiger partial charge on any atom is -0.224 e. The second-order valence-electron chi connectivity index (χ2n) is 6.58. The van der Waals surface area contributed by atoms with Crippen LogP contribution >= 0.6 is 0 Å². The van der Waals surface area contributed by atoms with E-state index >= 15 is 0 Å². The molecular weight excluding hydrogens is 379 g/mol. The van der Waals surface area contributed by atoms with Gasteiger partial charge in [-0.15, -0.1) is 0 Å². The molecule has 8 heteroatoms. The molecule has 0 aliphatic heterocycles. The van der Waals surface area contributed by atoms with Gasteiger partial charge in [0.15, 0.2) is 15.5 Å². The minimum absolute atomic E-state index is 0.232. The van der Waals surface area contributed by atoms with Gasteiger partial charge in [-0.3, -0.25) is 0 Å². The molecule has 6 nitrogen and oxygen atoms in total. The van der Waals surface area contributed by atoms with Crippen molar-refractivity contribution in [2.75, 3.05) is 6.26 Å². The molecule has 0 N–H and O–H groups in total. The van der Waals surface area contributed by atoms with Crippen molar-refractivity contribution in [3.63, 3.8) is 0 Å². The number of fused-ring (bicyclic) bond motifs is 1. The first-order chi connectivity index (χ1) is 13.2. The van der Waals surface area contributed by atoms with Crippen molar-refractivity contribution in [3.8, 4) is 22.4 Å². The largest absolute Gasteiger partial charge is 0.224 e. The van der Waals surface area contributed by atoms with Gasteiger partial charge in [0.05, 0.1) is 10.5 Å². The molecule has 0 fully saturated rings. The van der Waals surface area contributed by atoms with Crippen LogP contribution in [0.3, 0.4) is 0 Å². The molecule has 0 aliphatic rings. The predicted octanol–water partition coefficient (Wildman–Crippen LogP) is 3.62. The van der Waals surface area contributed by atoms with Gasteiger partial charge in [-0.25, -0.2) is 22.8 Å². The van der Waals surface area contributed by atoms with Gasteiger partial charge >= 0.3 is 0 Å². The predicted molar refractivity (Wildman–Crippen MR) is 104 cm³/mol. The van der Waals surface area contributed by atoms with Crippen LogP contribution in [0.25, 0.3) is 28.0 Å². The number of benzene rings is 2. The highest BCUT2D eigenvalue weighted by Crippen LogP contribution is 2.35. The lowest BCUT2D eigenvalue weighted by molar-refractivity contribution is 0.602. The monoisotopic (exact) mass is 396 g/mol. The van der Waals surface area contributed by atoms with Crippen LogP contribution in [0.4, 0.5) is 4.39 Å². The number of aromatic nitrogens is 4. The molecule has 0 amide bonds. The fourth-order valence-corrected chi connectivity index (χ4v) is 3.77. The van der Waals surface area contributed by atoms with Gasteiger partial charge in [-0.2, -0.15) is 9.61 Å². The minimum atomic E-state index is -3.30.